The lowest BCUT2D eigenvalue weighted by Gasteiger charge is -2.18. The van der Waals surface area contributed by atoms with Crippen molar-refractivity contribution in [1.29, 1.82) is 0 Å². The van der Waals surface area contributed by atoms with Crippen molar-refractivity contribution >= 4 is 17.5 Å². The molecule has 22 heavy (non-hydrogen) atoms. The predicted octanol–water partition coefficient (Wildman–Crippen LogP) is 2.71. The predicted molar refractivity (Wildman–Crippen MR) is 90.6 cm³/mol. The van der Waals surface area contributed by atoms with Crippen molar-refractivity contribution in [3.05, 3.63) is 42.1 Å². The smallest absolute Gasteiger partial charge is 0.229 e. The number of rotatable bonds is 5. The Hall–Kier alpha value is -2.14. The molecule has 0 radical (unpaired) electrons. The van der Waals surface area contributed by atoms with Crippen molar-refractivity contribution in [2.75, 3.05) is 23.3 Å². The molecular formula is C17H23N5. The summed E-state index contributed by atoms with van der Waals surface area (Å²) in [7, 11) is 0. The molecule has 1 atom stereocenters. The summed E-state index contributed by atoms with van der Waals surface area (Å²) in [5.74, 6) is 1.64. The maximum atomic E-state index is 6.02. The van der Waals surface area contributed by atoms with E-state index in [0.717, 1.165) is 49.6 Å². The first-order valence-electron chi connectivity index (χ1n) is 7.95. The summed E-state index contributed by atoms with van der Waals surface area (Å²) in [6.45, 7) is 4.00. The SMILES string of the molecule is CCCc1cc(N2CC[C@H](N)C2)nc(Nc2ccccc2)n1. The van der Waals surface area contributed by atoms with Gasteiger partial charge in [0.05, 0.1) is 0 Å². The summed E-state index contributed by atoms with van der Waals surface area (Å²) >= 11 is 0. The summed E-state index contributed by atoms with van der Waals surface area (Å²) in [6.07, 6.45) is 3.05. The molecule has 1 saturated heterocycles. The normalized spacial score (nSPS) is 17.7. The second-order valence-electron chi connectivity index (χ2n) is 5.78. The number of para-hydroxylation sites is 1. The molecule has 1 aliphatic heterocycles. The lowest BCUT2D eigenvalue weighted by atomic mass is 10.2. The van der Waals surface area contributed by atoms with Crippen molar-refractivity contribution in [3.8, 4) is 0 Å². The first-order chi connectivity index (χ1) is 10.7. The van der Waals surface area contributed by atoms with E-state index in [0.29, 0.717) is 5.95 Å². The summed E-state index contributed by atoms with van der Waals surface area (Å²) in [4.78, 5) is 11.6. The van der Waals surface area contributed by atoms with Gasteiger partial charge in [-0.3, -0.25) is 0 Å². The van der Waals surface area contributed by atoms with Crippen molar-refractivity contribution in [2.45, 2.75) is 32.2 Å². The van der Waals surface area contributed by atoms with Crippen LogP contribution in [0.5, 0.6) is 0 Å². The second-order valence-corrected chi connectivity index (χ2v) is 5.78. The van der Waals surface area contributed by atoms with Crippen LogP contribution < -0.4 is 16.0 Å². The van der Waals surface area contributed by atoms with Gasteiger partial charge in [0.1, 0.15) is 5.82 Å². The average molecular weight is 297 g/mol. The maximum Gasteiger partial charge on any atom is 0.229 e. The van der Waals surface area contributed by atoms with E-state index in [1.54, 1.807) is 0 Å². The molecule has 0 spiro atoms. The van der Waals surface area contributed by atoms with Crippen LogP contribution in [-0.2, 0) is 6.42 Å². The summed E-state index contributed by atoms with van der Waals surface area (Å²) < 4.78 is 0. The number of nitrogens with zero attached hydrogens (tertiary/aromatic N) is 3. The number of aryl methyl sites for hydroxylation is 1. The molecule has 0 bridgehead atoms. The standard InChI is InChI=1S/C17H23N5/c1-2-6-15-11-16(22-10-9-13(18)12-22)21-17(20-15)19-14-7-4-3-5-8-14/h3-5,7-8,11,13H,2,6,9-10,12,18H2,1H3,(H,19,20,21)/t13-/m0/s1. The van der Waals surface area contributed by atoms with E-state index in [1.165, 1.54) is 0 Å². The third-order valence-corrected chi connectivity index (χ3v) is 3.85. The molecule has 1 fully saturated rings. The molecule has 1 aromatic heterocycles. The van der Waals surface area contributed by atoms with Gasteiger partial charge in [0.2, 0.25) is 5.95 Å². The number of nitrogens with two attached hydrogens (primary N) is 1. The van der Waals surface area contributed by atoms with E-state index in [4.69, 9.17) is 5.73 Å². The molecule has 116 valence electrons. The minimum atomic E-state index is 0.245. The highest BCUT2D eigenvalue weighted by molar-refractivity contribution is 5.55. The molecule has 3 N–H and O–H groups in total. The Kier molecular flexibility index (Phi) is 4.53. The van der Waals surface area contributed by atoms with Gasteiger partial charge in [-0.05, 0) is 25.0 Å². The van der Waals surface area contributed by atoms with E-state index in [1.807, 2.05) is 30.3 Å². The maximum absolute atomic E-state index is 6.02. The highest BCUT2D eigenvalue weighted by atomic mass is 15.2. The summed E-state index contributed by atoms with van der Waals surface area (Å²) in [5.41, 5.74) is 8.10. The molecule has 0 aliphatic carbocycles. The Morgan fingerprint density at radius 3 is 2.77 bits per heavy atom. The van der Waals surface area contributed by atoms with Crippen molar-refractivity contribution < 1.29 is 0 Å². The average Bonchev–Trinajstić information content (AvgIpc) is 2.95. The minimum Gasteiger partial charge on any atom is -0.355 e. The number of nitrogens with one attached hydrogen (secondary N) is 1. The Balaban J connectivity index is 1.86. The van der Waals surface area contributed by atoms with E-state index in [9.17, 15) is 0 Å². The Bertz CT molecular complexity index is 614. The lowest BCUT2D eigenvalue weighted by molar-refractivity contribution is 0.751. The van der Waals surface area contributed by atoms with Crippen molar-refractivity contribution in [1.82, 2.24) is 9.97 Å². The van der Waals surface area contributed by atoms with Gasteiger partial charge in [-0.1, -0.05) is 31.5 Å². The quantitative estimate of drug-likeness (QED) is 0.888. The topological polar surface area (TPSA) is 67.1 Å². The Labute approximate surface area is 131 Å². The van der Waals surface area contributed by atoms with Crippen LogP contribution in [0.3, 0.4) is 0 Å². The molecular weight excluding hydrogens is 274 g/mol. The van der Waals surface area contributed by atoms with Gasteiger partial charge in [-0.15, -0.1) is 0 Å². The number of benzene rings is 1. The van der Waals surface area contributed by atoms with Gasteiger partial charge < -0.3 is 16.0 Å². The van der Waals surface area contributed by atoms with Gasteiger partial charge in [0, 0.05) is 36.6 Å². The van der Waals surface area contributed by atoms with Crippen LogP contribution in [0.15, 0.2) is 36.4 Å². The molecule has 5 nitrogen and oxygen atoms in total. The zero-order chi connectivity index (χ0) is 15.4. The Morgan fingerprint density at radius 2 is 2.09 bits per heavy atom. The van der Waals surface area contributed by atoms with Crippen LogP contribution in [0.1, 0.15) is 25.5 Å². The van der Waals surface area contributed by atoms with E-state index in [2.05, 4.69) is 33.2 Å². The lowest BCUT2D eigenvalue weighted by Crippen LogP contribution is -2.27. The highest BCUT2D eigenvalue weighted by Gasteiger charge is 2.21. The molecule has 1 aliphatic rings. The minimum absolute atomic E-state index is 0.245. The first kappa shape index (κ1) is 14.8. The fourth-order valence-electron chi connectivity index (χ4n) is 2.73. The van der Waals surface area contributed by atoms with E-state index < -0.39 is 0 Å². The van der Waals surface area contributed by atoms with Crippen LogP contribution in [0.2, 0.25) is 0 Å². The molecule has 0 unspecified atom stereocenters. The largest absolute Gasteiger partial charge is 0.355 e. The van der Waals surface area contributed by atoms with Gasteiger partial charge in [-0.2, -0.15) is 4.98 Å². The van der Waals surface area contributed by atoms with Crippen molar-refractivity contribution in [3.63, 3.8) is 0 Å². The molecule has 5 heteroatoms. The van der Waals surface area contributed by atoms with Gasteiger partial charge in [0.15, 0.2) is 0 Å². The molecule has 1 aromatic carbocycles. The zero-order valence-electron chi connectivity index (χ0n) is 13.0. The molecule has 2 aromatic rings. The highest BCUT2D eigenvalue weighted by Crippen LogP contribution is 2.22. The third-order valence-electron chi connectivity index (χ3n) is 3.85. The van der Waals surface area contributed by atoms with Crippen LogP contribution in [0, 0.1) is 0 Å². The number of anilines is 3. The van der Waals surface area contributed by atoms with E-state index in [-0.39, 0.29) is 6.04 Å². The fraction of sp³-hybridized carbons (Fsp3) is 0.412. The molecule has 2 heterocycles. The third kappa shape index (κ3) is 3.54. The van der Waals surface area contributed by atoms with E-state index >= 15 is 0 Å². The fourth-order valence-corrected chi connectivity index (χ4v) is 2.73. The van der Waals surface area contributed by atoms with Crippen LogP contribution in [0.25, 0.3) is 0 Å². The zero-order valence-corrected chi connectivity index (χ0v) is 13.0. The molecule has 0 amide bonds. The molecule has 3 rings (SSSR count). The second kappa shape index (κ2) is 6.75. The van der Waals surface area contributed by atoms with Gasteiger partial charge >= 0.3 is 0 Å². The molecule has 0 saturated carbocycles. The number of hydrogen-bond acceptors (Lipinski definition) is 5. The van der Waals surface area contributed by atoms with Gasteiger partial charge in [0.25, 0.3) is 0 Å². The number of hydrogen-bond donors (Lipinski definition) is 2. The summed E-state index contributed by atoms with van der Waals surface area (Å²) in [5, 5.41) is 3.30. The van der Waals surface area contributed by atoms with Crippen LogP contribution >= 0.6 is 0 Å². The van der Waals surface area contributed by atoms with Crippen LogP contribution in [0.4, 0.5) is 17.5 Å². The first-order valence-corrected chi connectivity index (χ1v) is 7.95. The summed E-state index contributed by atoms with van der Waals surface area (Å²) in [6, 6.07) is 12.4. The Morgan fingerprint density at radius 1 is 1.27 bits per heavy atom. The monoisotopic (exact) mass is 297 g/mol. The van der Waals surface area contributed by atoms with Crippen molar-refractivity contribution in [2.24, 2.45) is 5.73 Å². The van der Waals surface area contributed by atoms with Crippen LogP contribution in [-0.4, -0.2) is 29.1 Å². The number of aromatic nitrogens is 2. The van der Waals surface area contributed by atoms with Gasteiger partial charge in [-0.25, -0.2) is 4.98 Å².